The highest BCUT2D eigenvalue weighted by Gasteiger charge is 2.31. The van der Waals surface area contributed by atoms with Crippen LogP contribution >= 0.6 is 0 Å². The number of hydrogen-bond acceptors (Lipinski definition) is 5. The lowest BCUT2D eigenvalue weighted by molar-refractivity contribution is -0.117. The standard InChI is InChI=1S/C26H30F2N4O3/c1-4-34-23-14-19(10-13-22(23)35-26(27)28)15-31(20-11-12-20)16-24(33)29-25-17(2)30-32(18(25)3)21-8-6-5-7-9-21/h5-10,13-14,20,26H,4,11-12,15-16H2,1-3H3,(H,29,33). The Bertz CT molecular complexity index is 1160. The van der Waals surface area contributed by atoms with Crippen LogP contribution < -0.4 is 14.8 Å². The second kappa shape index (κ2) is 10.9. The van der Waals surface area contributed by atoms with Crippen molar-refractivity contribution in [2.45, 2.75) is 52.8 Å². The van der Waals surface area contributed by atoms with E-state index in [4.69, 9.17) is 4.74 Å². The van der Waals surface area contributed by atoms with Gasteiger partial charge in [0.2, 0.25) is 5.91 Å². The van der Waals surface area contributed by atoms with Gasteiger partial charge in [-0.25, -0.2) is 4.68 Å². The molecule has 1 aromatic heterocycles. The number of carbonyl (C=O) groups excluding carboxylic acids is 1. The minimum atomic E-state index is -2.93. The van der Waals surface area contributed by atoms with Gasteiger partial charge >= 0.3 is 6.61 Å². The van der Waals surface area contributed by atoms with E-state index in [1.54, 1.807) is 19.1 Å². The van der Waals surface area contributed by atoms with Gasteiger partial charge in [0.1, 0.15) is 0 Å². The molecule has 0 saturated heterocycles. The smallest absolute Gasteiger partial charge is 0.387 e. The zero-order chi connectivity index (χ0) is 24.9. The van der Waals surface area contributed by atoms with E-state index in [9.17, 15) is 13.6 Å². The van der Waals surface area contributed by atoms with Gasteiger partial charge in [-0.3, -0.25) is 9.69 Å². The molecule has 186 valence electrons. The molecule has 0 unspecified atom stereocenters. The summed E-state index contributed by atoms with van der Waals surface area (Å²) in [4.78, 5) is 15.1. The van der Waals surface area contributed by atoms with Crippen molar-refractivity contribution in [3.05, 3.63) is 65.5 Å². The molecule has 1 saturated carbocycles. The third kappa shape index (κ3) is 6.16. The van der Waals surface area contributed by atoms with Crippen molar-refractivity contribution in [1.29, 1.82) is 0 Å². The molecule has 0 aliphatic heterocycles. The van der Waals surface area contributed by atoms with Crippen molar-refractivity contribution in [2.75, 3.05) is 18.5 Å². The van der Waals surface area contributed by atoms with Gasteiger partial charge in [0.25, 0.3) is 0 Å². The first-order chi connectivity index (χ1) is 16.9. The number of halogens is 2. The minimum Gasteiger partial charge on any atom is -0.490 e. The average molecular weight is 485 g/mol. The maximum atomic E-state index is 13.0. The van der Waals surface area contributed by atoms with Crippen molar-refractivity contribution in [2.24, 2.45) is 0 Å². The summed E-state index contributed by atoms with van der Waals surface area (Å²) in [6, 6.07) is 15.0. The first kappa shape index (κ1) is 24.7. The molecular formula is C26H30F2N4O3. The van der Waals surface area contributed by atoms with E-state index in [1.165, 1.54) is 6.07 Å². The summed E-state index contributed by atoms with van der Waals surface area (Å²) in [7, 11) is 0. The van der Waals surface area contributed by atoms with E-state index in [0.29, 0.717) is 24.9 Å². The van der Waals surface area contributed by atoms with Crippen LogP contribution in [0.3, 0.4) is 0 Å². The number of alkyl halides is 2. The molecule has 1 fully saturated rings. The highest BCUT2D eigenvalue weighted by molar-refractivity contribution is 5.93. The Balaban J connectivity index is 1.46. The summed E-state index contributed by atoms with van der Waals surface area (Å²) in [6.45, 7) is 3.69. The van der Waals surface area contributed by atoms with Crippen molar-refractivity contribution in [3.63, 3.8) is 0 Å². The molecule has 0 radical (unpaired) electrons. The molecule has 0 atom stereocenters. The Kier molecular flexibility index (Phi) is 7.65. The van der Waals surface area contributed by atoms with Crippen molar-refractivity contribution >= 4 is 11.6 Å². The Labute approximate surface area is 203 Å². The molecule has 1 N–H and O–H groups in total. The average Bonchev–Trinajstić information content (AvgIpc) is 3.64. The minimum absolute atomic E-state index is 0.00249. The van der Waals surface area contributed by atoms with Gasteiger partial charge < -0.3 is 14.8 Å². The lowest BCUT2D eigenvalue weighted by Gasteiger charge is -2.22. The van der Waals surface area contributed by atoms with Crippen LogP contribution in [0.25, 0.3) is 5.69 Å². The number of ether oxygens (including phenoxy) is 2. The van der Waals surface area contributed by atoms with E-state index in [1.807, 2.05) is 48.9 Å². The zero-order valence-electron chi connectivity index (χ0n) is 20.1. The number of aryl methyl sites for hydroxylation is 1. The summed E-state index contributed by atoms with van der Waals surface area (Å²) in [5.41, 5.74) is 4.10. The Hall–Kier alpha value is -3.46. The van der Waals surface area contributed by atoms with E-state index in [0.717, 1.165) is 35.5 Å². The van der Waals surface area contributed by atoms with Crippen LogP contribution in [0, 0.1) is 13.8 Å². The Morgan fingerprint density at radius 1 is 1.17 bits per heavy atom. The van der Waals surface area contributed by atoms with Crippen LogP contribution in [0.2, 0.25) is 0 Å². The van der Waals surface area contributed by atoms with Gasteiger partial charge in [0, 0.05) is 12.6 Å². The fourth-order valence-electron chi connectivity index (χ4n) is 4.11. The van der Waals surface area contributed by atoms with Crippen LogP contribution in [-0.2, 0) is 11.3 Å². The monoisotopic (exact) mass is 484 g/mol. The number of rotatable bonds is 11. The zero-order valence-corrected chi connectivity index (χ0v) is 20.1. The maximum absolute atomic E-state index is 13.0. The number of nitrogens with one attached hydrogen (secondary N) is 1. The fraction of sp³-hybridized carbons (Fsp3) is 0.385. The maximum Gasteiger partial charge on any atom is 0.387 e. The Morgan fingerprint density at radius 2 is 1.91 bits per heavy atom. The molecule has 1 amide bonds. The fourth-order valence-corrected chi connectivity index (χ4v) is 4.11. The predicted octanol–water partition coefficient (Wildman–Crippen LogP) is 5.09. The SMILES string of the molecule is CCOc1cc(CN(CC(=O)Nc2c(C)nn(-c3ccccc3)c2C)C2CC2)ccc1OC(F)F. The third-order valence-corrected chi connectivity index (χ3v) is 5.88. The van der Waals surface area contributed by atoms with Gasteiger partial charge in [-0.1, -0.05) is 24.3 Å². The topological polar surface area (TPSA) is 68.6 Å². The molecule has 3 aromatic rings. The number of aromatic nitrogens is 2. The molecule has 35 heavy (non-hydrogen) atoms. The molecule has 0 bridgehead atoms. The summed E-state index contributed by atoms with van der Waals surface area (Å²) >= 11 is 0. The first-order valence-electron chi connectivity index (χ1n) is 11.7. The van der Waals surface area contributed by atoms with Gasteiger partial charge in [-0.15, -0.1) is 0 Å². The summed E-state index contributed by atoms with van der Waals surface area (Å²) < 4.78 is 37.3. The van der Waals surface area contributed by atoms with Gasteiger partial charge in [-0.2, -0.15) is 13.9 Å². The first-order valence-corrected chi connectivity index (χ1v) is 11.7. The molecule has 2 aromatic carbocycles. The second-order valence-corrected chi connectivity index (χ2v) is 8.57. The number of benzene rings is 2. The van der Waals surface area contributed by atoms with Gasteiger partial charge in [-0.05, 0) is 63.4 Å². The summed E-state index contributed by atoms with van der Waals surface area (Å²) in [5.74, 6) is 0.145. The molecule has 0 spiro atoms. The number of nitrogens with zero attached hydrogens (tertiary/aromatic N) is 3. The molecule has 1 heterocycles. The van der Waals surface area contributed by atoms with Crippen molar-refractivity contribution < 1.29 is 23.0 Å². The van der Waals surface area contributed by atoms with E-state index < -0.39 is 6.61 Å². The van der Waals surface area contributed by atoms with E-state index in [2.05, 4.69) is 20.1 Å². The predicted molar refractivity (Wildman–Crippen MR) is 129 cm³/mol. The molecule has 1 aliphatic carbocycles. The van der Waals surface area contributed by atoms with Gasteiger partial charge in [0.15, 0.2) is 11.5 Å². The Morgan fingerprint density at radius 3 is 2.57 bits per heavy atom. The lowest BCUT2D eigenvalue weighted by Crippen LogP contribution is -2.34. The molecule has 1 aliphatic rings. The summed E-state index contributed by atoms with van der Waals surface area (Å²) in [6.07, 6.45) is 2.03. The molecule has 4 rings (SSSR count). The lowest BCUT2D eigenvalue weighted by atomic mass is 10.2. The van der Waals surface area contributed by atoms with Crippen molar-refractivity contribution in [3.8, 4) is 17.2 Å². The highest BCUT2D eigenvalue weighted by atomic mass is 19.3. The quantitative estimate of drug-likeness (QED) is 0.411. The van der Waals surface area contributed by atoms with Crippen LogP contribution in [-0.4, -0.2) is 46.4 Å². The van der Waals surface area contributed by atoms with Gasteiger partial charge in [0.05, 0.1) is 35.9 Å². The van der Waals surface area contributed by atoms with E-state index >= 15 is 0 Å². The van der Waals surface area contributed by atoms with Crippen LogP contribution in [0.1, 0.15) is 36.7 Å². The van der Waals surface area contributed by atoms with E-state index in [-0.39, 0.29) is 24.0 Å². The summed E-state index contributed by atoms with van der Waals surface area (Å²) in [5, 5.41) is 7.63. The number of anilines is 1. The van der Waals surface area contributed by atoms with Crippen LogP contribution in [0.5, 0.6) is 11.5 Å². The third-order valence-electron chi connectivity index (χ3n) is 5.88. The number of amides is 1. The van der Waals surface area contributed by atoms with Crippen LogP contribution in [0.15, 0.2) is 48.5 Å². The molecular weight excluding hydrogens is 454 g/mol. The number of para-hydroxylation sites is 1. The second-order valence-electron chi connectivity index (χ2n) is 8.57. The molecule has 7 nitrogen and oxygen atoms in total. The van der Waals surface area contributed by atoms with Crippen molar-refractivity contribution in [1.82, 2.24) is 14.7 Å². The van der Waals surface area contributed by atoms with Crippen LogP contribution in [0.4, 0.5) is 14.5 Å². The number of hydrogen-bond donors (Lipinski definition) is 1. The highest BCUT2D eigenvalue weighted by Crippen LogP contribution is 2.33. The number of carbonyl (C=O) groups is 1. The normalized spacial score (nSPS) is 13.3. The largest absolute Gasteiger partial charge is 0.490 e. The molecule has 9 heteroatoms.